The molecule has 3 heterocycles. The van der Waals surface area contributed by atoms with E-state index in [1.54, 1.807) is 6.20 Å². The quantitative estimate of drug-likeness (QED) is 0.855. The maximum Gasteiger partial charge on any atom is 0.273 e. The number of amides is 1. The van der Waals surface area contributed by atoms with E-state index in [9.17, 15) is 4.79 Å². The van der Waals surface area contributed by atoms with Crippen molar-refractivity contribution < 1.29 is 4.79 Å². The number of hydrogen-bond acceptors (Lipinski definition) is 5. The predicted molar refractivity (Wildman–Crippen MR) is 78.9 cm³/mol. The van der Waals surface area contributed by atoms with Crippen molar-refractivity contribution in [3.05, 3.63) is 11.9 Å². The lowest BCUT2D eigenvalue weighted by Gasteiger charge is -2.22. The van der Waals surface area contributed by atoms with Gasteiger partial charge < -0.3 is 10.6 Å². The third-order valence-corrected chi connectivity index (χ3v) is 5.23. The molecule has 7 heteroatoms. The molecule has 0 radical (unpaired) electrons. The van der Waals surface area contributed by atoms with Gasteiger partial charge in [-0.05, 0) is 49.8 Å². The number of rotatable bonds is 4. The highest BCUT2D eigenvalue weighted by Crippen LogP contribution is 2.22. The van der Waals surface area contributed by atoms with Crippen LogP contribution in [-0.2, 0) is 0 Å². The lowest BCUT2D eigenvalue weighted by atomic mass is 10.1. The summed E-state index contributed by atoms with van der Waals surface area (Å²) >= 11 is 1.96. The van der Waals surface area contributed by atoms with E-state index in [1.165, 1.54) is 12.2 Å². The maximum absolute atomic E-state index is 12.1. The molecule has 0 aliphatic carbocycles. The molecule has 110 valence electrons. The normalized spacial score (nSPS) is 23.9. The first-order valence-electron chi connectivity index (χ1n) is 7.31. The summed E-state index contributed by atoms with van der Waals surface area (Å²) in [5.41, 5.74) is 0.439. The highest BCUT2D eigenvalue weighted by molar-refractivity contribution is 7.99. The van der Waals surface area contributed by atoms with Crippen LogP contribution in [0.15, 0.2) is 6.20 Å². The van der Waals surface area contributed by atoms with Crippen molar-refractivity contribution in [1.82, 2.24) is 25.6 Å². The van der Waals surface area contributed by atoms with Crippen LogP contribution in [0.4, 0.5) is 0 Å². The second-order valence-electron chi connectivity index (χ2n) is 5.50. The lowest BCUT2D eigenvalue weighted by molar-refractivity contribution is 0.0943. The average molecular weight is 295 g/mol. The first-order valence-corrected chi connectivity index (χ1v) is 8.47. The van der Waals surface area contributed by atoms with Gasteiger partial charge in [0.2, 0.25) is 0 Å². The van der Waals surface area contributed by atoms with Crippen molar-refractivity contribution in [3.63, 3.8) is 0 Å². The second-order valence-corrected chi connectivity index (χ2v) is 6.65. The molecule has 2 N–H and O–H groups in total. The van der Waals surface area contributed by atoms with Gasteiger partial charge in [-0.3, -0.25) is 4.79 Å². The van der Waals surface area contributed by atoms with Crippen LogP contribution >= 0.6 is 11.8 Å². The summed E-state index contributed by atoms with van der Waals surface area (Å²) in [6, 6.07) is 0.372. The van der Waals surface area contributed by atoms with Gasteiger partial charge in [-0.2, -0.15) is 11.8 Å². The third-order valence-electron chi connectivity index (χ3n) is 4.00. The molecule has 2 aliphatic rings. The van der Waals surface area contributed by atoms with E-state index in [4.69, 9.17) is 0 Å². The van der Waals surface area contributed by atoms with Gasteiger partial charge in [-0.25, -0.2) is 4.68 Å². The van der Waals surface area contributed by atoms with Gasteiger partial charge in [0.1, 0.15) is 0 Å². The van der Waals surface area contributed by atoms with E-state index in [-0.39, 0.29) is 5.91 Å². The van der Waals surface area contributed by atoms with Gasteiger partial charge >= 0.3 is 0 Å². The number of carbonyl (C=O) groups excluding carboxylic acids is 1. The second kappa shape index (κ2) is 6.58. The Morgan fingerprint density at radius 3 is 3.05 bits per heavy atom. The highest BCUT2D eigenvalue weighted by Gasteiger charge is 2.20. The van der Waals surface area contributed by atoms with Crippen LogP contribution in [0.3, 0.4) is 0 Å². The SMILES string of the molecule is O=C(NCC1CCSC1)c1cn(C2CCNCC2)nn1. The Labute approximate surface area is 123 Å². The van der Waals surface area contributed by atoms with Crippen LogP contribution < -0.4 is 10.6 Å². The molecular weight excluding hydrogens is 274 g/mol. The Balaban J connectivity index is 1.53. The van der Waals surface area contributed by atoms with Crippen LogP contribution in [-0.4, -0.2) is 52.0 Å². The predicted octanol–water partition coefficient (Wildman–Crippen LogP) is 0.685. The number of thioether (sulfide) groups is 1. The van der Waals surface area contributed by atoms with E-state index >= 15 is 0 Å². The Morgan fingerprint density at radius 1 is 1.45 bits per heavy atom. The number of carbonyl (C=O) groups is 1. The zero-order valence-corrected chi connectivity index (χ0v) is 12.4. The van der Waals surface area contributed by atoms with Gasteiger partial charge in [0.15, 0.2) is 5.69 Å². The number of piperidine rings is 1. The van der Waals surface area contributed by atoms with Crippen LogP contribution in [0.5, 0.6) is 0 Å². The van der Waals surface area contributed by atoms with Crippen molar-refractivity contribution in [1.29, 1.82) is 0 Å². The largest absolute Gasteiger partial charge is 0.350 e. The fourth-order valence-corrected chi connectivity index (χ4v) is 3.99. The number of nitrogens with one attached hydrogen (secondary N) is 2. The first kappa shape index (κ1) is 13.9. The first-order chi connectivity index (χ1) is 9.83. The third kappa shape index (κ3) is 3.32. The van der Waals surface area contributed by atoms with Crippen molar-refractivity contribution in [2.45, 2.75) is 25.3 Å². The molecule has 0 saturated carbocycles. The zero-order chi connectivity index (χ0) is 13.8. The summed E-state index contributed by atoms with van der Waals surface area (Å²) in [7, 11) is 0. The van der Waals surface area contributed by atoms with E-state index in [0.717, 1.165) is 38.2 Å². The van der Waals surface area contributed by atoms with Crippen molar-refractivity contribution >= 4 is 17.7 Å². The van der Waals surface area contributed by atoms with Crippen LogP contribution in [0.25, 0.3) is 0 Å². The molecule has 1 amide bonds. The summed E-state index contributed by atoms with van der Waals surface area (Å²) in [6.45, 7) is 2.77. The fraction of sp³-hybridized carbons (Fsp3) is 0.769. The molecule has 20 heavy (non-hydrogen) atoms. The standard InChI is InChI=1S/C13H21N5OS/c19-13(15-7-10-3-6-20-9-10)12-8-18(17-16-12)11-1-4-14-5-2-11/h8,10-11,14H,1-7,9H2,(H,15,19). The molecule has 2 fully saturated rings. The highest BCUT2D eigenvalue weighted by atomic mass is 32.2. The van der Waals surface area contributed by atoms with Crippen LogP contribution in [0.2, 0.25) is 0 Å². The fourth-order valence-electron chi connectivity index (χ4n) is 2.70. The van der Waals surface area contributed by atoms with E-state index in [2.05, 4.69) is 20.9 Å². The van der Waals surface area contributed by atoms with Crippen molar-refractivity contribution in [2.75, 3.05) is 31.1 Å². The van der Waals surface area contributed by atoms with Gasteiger partial charge in [-0.1, -0.05) is 5.21 Å². The number of hydrogen-bond donors (Lipinski definition) is 2. The molecule has 1 aromatic rings. The molecule has 2 saturated heterocycles. The number of nitrogens with zero attached hydrogens (tertiary/aromatic N) is 3. The molecule has 1 aromatic heterocycles. The molecule has 0 aromatic carbocycles. The molecule has 3 rings (SSSR count). The van der Waals surface area contributed by atoms with Crippen LogP contribution in [0, 0.1) is 5.92 Å². The van der Waals surface area contributed by atoms with E-state index in [1.807, 2.05) is 16.4 Å². The van der Waals surface area contributed by atoms with Gasteiger partial charge in [0, 0.05) is 6.54 Å². The molecule has 2 aliphatic heterocycles. The average Bonchev–Trinajstić information content (AvgIpc) is 3.17. The Hall–Kier alpha value is -1.08. The molecule has 6 nitrogen and oxygen atoms in total. The number of aromatic nitrogens is 3. The lowest BCUT2D eigenvalue weighted by Crippen LogP contribution is -2.30. The summed E-state index contributed by atoms with van der Waals surface area (Å²) in [5.74, 6) is 2.89. The summed E-state index contributed by atoms with van der Waals surface area (Å²) in [6.07, 6.45) is 5.08. The molecular formula is C13H21N5OS. The monoisotopic (exact) mass is 295 g/mol. The molecule has 0 bridgehead atoms. The van der Waals surface area contributed by atoms with Gasteiger partial charge in [-0.15, -0.1) is 5.10 Å². The molecule has 1 atom stereocenters. The minimum Gasteiger partial charge on any atom is -0.350 e. The smallest absolute Gasteiger partial charge is 0.273 e. The van der Waals surface area contributed by atoms with Crippen LogP contribution in [0.1, 0.15) is 35.8 Å². The minimum absolute atomic E-state index is 0.0953. The van der Waals surface area contributed by atoms with Gasteiger partial charge in [0.25, 0.3) is 5.91 Å². The zero-order valence-electron chi connectivity index (χ0n) is 11.5. The summed E-state index contributed by atoms with van der Waals surface area (Å²) < 4.78 is 1.85. The summed E-state index contributed by atoms with van der Waals surface area (Å²) in [5, 5.41) is 14.4. The van der Waals surface area contributed by atoms with Crippen molar-refractivity contribution in [2.24, 2.45) is 5.92 Å². The van der Waals surface area contributed by atoms with E-state index in [0.29, 0.717) is 17.7 Å². The Morgan fingerprint density at radius 2 is 2.30 bits per heavy atom. The topological polar surface area (TPSA) is 71.8 Å². The molecule has 0 spiro atoms. The van der Waals surface area contributed by atoms with Crippen molar-refractivity contribution in [3.8, 4) is 0 Å². The van der Waals surface area contributed by atoms with E-state index < -0.39 is 0 Å². The van der Waals surface area contributed by atoms with Gasteiger partial charge in [0.05, 0.1) is 12.2 Å². The Kier molecular flexibility index (Phi) is 4.57. The maximum atomic E-state index is 12.1. The minimum atomic E-state index is -0.0953. The Bertz CT molecular complexity index is 451. The molecule has 1 unspecified atom stereocenters. The summed E-state index contributed by atoms with van der Waals surface area (Å²) in [4.78, 5) is 12.1.